The minimum atomic E-state index is -0.416. The van der Waals surface area contributed by atoms with Crippen LogP contribution in [0.2, 0.25) is 0 Å². The second-order valence-corrected chi connectivity index (χ2v) is 12.3. The molecule has 1 amide bonds. The number of methoxy groups -OCH3 is 6. The Balaban J connectivity index is 1.08. The molecule has 1 aliphatic rings. The first-order valence-electron chi connectivity index (χ1n) is 17.1. The average Bonchev–Trinajstić information content (AvgIpc) is 3.69. The largest absolute Gasteiger partial charge is 0.493 e. The van der Waals surface area contributed by atoms with Crippen LogP contribution in [-0.4, -0.2) is 60.3 Å². The number of nitrogens with one attached hydrogen (secondary N) is 2. The van der Waals surface area contributed by atoms with Crippen LogP contribution in [0.3, 0.4) is 0 Å². The fourth-order valence-electron chi connectivity index (χ4n) is 6.07. The summed E-state index contributed by atoms with van der Waals surface area (Å²) >= 11 is 0. The van der Waals surface area contributed by atoms with Crippen LogP contribution in [0.5, 0.6) is 46.0 Å². The van der Waals surface area contributed by atoms with E-state index >= 15 is 0 Å². The lowest BCUT2D eigenvalue weighted by atomic mass is 10.0. The Kier molecular flexibility index (Phi) is 11.4. The summed E-state index contributed by atoms with van der Waals surface area (Å²) in [5.74, 6) is 4.62. The van der Waals surface area contributed by atoms with Crippen molar-refractivity contribution in [3.8, 4) is 68.6 Å². The number of anilines is 1. The van der Waals surface area contributed by atoms with E-state index < -0.39 is 6.17 Å². The molecule has 5 aromatic rings. The predicted molar refractivity (Wildman–Crippen MR) is 203 cm³/mol. The third kappa shape index (κ3) is 7.80. The molecule has 13 nitrogen and oxygen atoms in total. The first kappa shape index (κ1) is 37.3. The highest BCUT2D eigenvalue weighted by molar-refractivity contribution is 6.02. The number of hydrogen-bond donors (Lipinski definition) is 2. The Labute approximate surface area is 313 Å². The quantitative estimate of drug-likeness (QED) is 0.0749. The molecule has 1 unspecified atom stereocenters. The van der Waals surface area contributed by atoms with Crippen molar-refractivity contribution in [2.75, 3.05) is 54.6 Å². The minimum Gasteiger partial charge on any atom is -0.493 e. The Morgan fingerprint density at radius 3 is 2.02 bits per heavy atom. The molecule has 0 radical (unpaired) electrons. The van der Waals surface area contributed by atoms with Crippen molar-refractivity contribution < 1.29 is 47.2 Å². The molecule has 54 heavy (non-hydrogen) atoms. The maximum Gasteiger partial charge on any atom is 0.255 e. The molecule has 4 aromatic carbocycles. The molecule has 1 aliphatic heterocycles. The fraction of sp³-hybridized carbons (Fsp3) is 0.268. The number of rotatable bonds is 16. The normalized spacial score (nSPS) is 13.2. The van der Waals surface area contributed by atoms with Crippen molar-refractivity contribution in [2.24, 2.45) is 0 Å². The number of aryl methyl sites for hydroxylation is 1. The Morgan fingerprint density at radius 2 is 1.37 bits per heavy atom. The van der Waals surface area contributed by atoms with Gasteiger partial charge in [-0.1, -0.05) is 29.4 Å². The zero-order valence-corrected chi connectivity index (χ0v) is 31.3. The van der Waals surface area contributed by atoms with Gasteiger partial charge < -0.3 is 53.1 Å². The molecule has 13 heteroatoms. The fourth-order valence-corrected chi connectivity index (χ4v) is 6.07. The van der Waals surface area contributed by atoms with Gasteiger partial charge >= 0.3 is 0 Å². The van der Waals surface area contributed by atoms with E-state index in [0.717, 1.165) is 16.8 Å². The van der Waals surface area contributed by atoms with Crippen LogP contribution in [0.4, 0.5) is 5.69 Å². The number of benzene rings is 4. The number of fused-ring (bicyclic) bond motifs is 1. The molecule has 2 heterocycles. The molecule has 282 valence electrons. The number of hydrogen-bond acceptors (Lipinski definition) is 12. The standard InChI is InChI=1S/C41H43N3O10/c1-23-11-13-29-28(16-23)41(45)43-40(42-29)25-12-14-31(33(17-25)46-3)52-15-9-10-24(2)53-39-36(49-6)20-27(21-37(39)50-7)32-22-30(44-54-32)26-18-34(47-4)38(51-8)35(19-26)48-5/h11-14,16-22,40,42H,2,9-10,15H2,1,3-8H3,(H,43,45). The van der Waals surface area contributed by atoms with Crippen molar-refractivity contribution in [3.05, 3.63) is 95.8 Å². The van der Waals surface area contributed by atoms with Gasteiger partial charge in [0.05, 0.1) is 60.6 Å². The van der Waals surface area contributed by atoms with Gasteiger partial charge in [0.1, 0.15) is 11.9 Å². The van der Waals surface area contributed by atoms with E-state index in [1.165, 1.54) is 0 Å². The number of carbonyl (C=O) groups is 1. The van der Waals surface area contributed by atoms with Crippen LogP contribution in [0.1, 0.15) is 40.5 Å². The van der Waals surface area contributed by atoms with Gasteiger partial charge in [0.15, 0.2) is 40.3 Å². The van der Waals surface area contributed by atoms with Crippen LogP contribution in [0.25, 0.3) is 22.6 Å². The van der Waals surface area contributed by atoms with E-state index in [4.69, 9.17) is 42.4 Å². The maximum atomic E-state index is 12.8. The van der Waals surface area contributed by atoms with Gasteiger partial charge in [-0.05, 0) is 67.4 Å². The SMILES string of the molecule is C=C(CCCOc1ccc(C2NC(=O)c3cc(C)ccc3N2)cc1OC)Oc1c(OC)cc(-c2cc(-c3cc(OC)c(OC)c(OC)c3)no2)cc1OC. The number of ether oxygens (including phenoxy) is 8. The summed E-state index contributed by atoms with van der Waals surface area (Å²) in [6, 6.07) is 20.3. The van der Waals surface area contributed by atoms with Gasteiger partial charge in [0, 0.05) is 29.3 Å². The number of aromatic nitrogens is 1. The maximum absolute atomic E-state index is 12.8. The smallest absolute Gasteiger partial charge is 0.255 e. The number of carbonyl (C=O) groups excluding carboxylic acids is 1. The lowest BCUT2D eigenvalue weighted by Gasteiger charge is -2.28. The molecular weight excluding hydrogens is 694 g/mol. The van der Waals surface area contributed by atoms with E-state index in [-0.39, 0.29) is 5.91 Å². The van der Waals surface area contributed by atoms with Gasteiger partial charge in [-0.25, -0.2) is 0 Å². The van der Waals surface area contributed by atoms with E-state index in [1.54, 1.807) is 73.0 Å². The molecule has 0 saturated heterocycles. The van der Waals surface area contributed by atoms with Crippen LogP contribution in [0, 0.1) is 6.92 Å². The van der Waals surface area contributed by atoms with Crippen LogP contribution in [-0.2, 0) is 0 Å². The third-order valence-corrected chi connectivity index (χ3v) is 8.84. The topological polar surface area (TPSA) is 141 Å². The molecule has 0 saturated carbocycles. The highest BCUT2D eigenvalue weighted by Crippen LogP contribution is 2.45. The van der Waals surface area contributed by atoms with Crippen LogP contribution < -0.4 is 48.5 Å². The Morgan fingerprint density at radius 1 is 0.722 bits per heavy atom. The van der Waals surface area contributed by atoms with Crippen LogP contribution in [0.15, 0.2) is 83.6 Å². The first-order chi connectivity index (χ1) is 26.2. The molecule has 0 fully saturated rings. The zero-order valence-electron chi connectivity index (χ0n) is 31.3. The van der Waals surface area contributed by atoms with Gasteiger partial charge in [-0.3, -0.25) is 4.79 Å². The van der Waals surface area contributed by atoms with Gasteiger partial charge in [-0.2, -0.15) is 0 Å². The van der Waals surface area contributed by atoms with Gasteiger partial charge in [-0.15, -0.1) is 0 Å². The van der Waals surface area contributed by atoms with Gasteiger partial charge in [0.2, 0.25) is 11.5 Å². The summed E-state index contributed by atoms with van der Waals surface area (Å²) in [7, 11) is 9.31. The Bertz CT molecular complexity index is 2110. The number of nitrogens with zero attached hydrogens (tertiary/aromatic N) is 1. The van der Waals surface area contributed by atoms with Crippen molar-refractivity contribution >= 4 is 11.6 Å². The zero-order chi connectivity index (χ0) is 38.4. The summed E-state index contributed by atoms with van der Waals surface area (Å²) in [5.41, 5.74) is 5.17. The highest BCUT2D eigenvalue weighted by atomic mass is 16.5. The minimum absolute atomic E-state index is 0.136. The highest BCUT2D eigenvalue weighted by Gasteiger charge is 2.26. The van der Waals surface area contributed by atoms with E-state index in [0.29, 0.717) is 99.3 Å². The lowest BCUT2D eigenvalue weighted by molar-refractivity contribution is 0.0935. The van der Waals surface area contributed by atoms with Crippen molar-refractivity contribution in [1.82, 2.24) is 10.5 Å². The predicted octanol–water partition coefficient (Wildman–Crippen LogP) is 7.97. The molecule has 2 N–H and O–H groups in total. The van der Waals surface area contributed by atoms with E-state index in [9.17, 15) is 4.79 Å². The second-order valence-electron chi connectivity index (χ2n) is 12.3. The van der Waals surface area contributed by atoms with Crippen molar-refractivity contribution in [3.63, 3.8) is 0 Å². The Hall–Kier alpha value is -6.50. The summed E-state index contributed by atoms with van der Waals surface area (Å²) in [4.78, 5) is 12.8. The monoisotopic (exact) mass is 737 g/mol. The molecule has 1 atom stereocenters. The molecule has 0 spiro atoms. The van der Waals surface area contributed by atoms with E-state index in [1.807, 2.05) is 43.3 Å². The van der Waals surface area contributed by atoms with Crippen LogP contribution >= 0.6 is 0 Å². The molecule has 0 aliphatic carbocycles. The molecule has 6 rings (SSSR count). The summed E-state index contributed by atoms with van der Waals surface area (Å²) in [5, 5.41) is 10.7. The third-order valence-electron chi connectivity index (χ3n) is 8.84. The number of allylic oxidation sites excluding steroid dienone is 1. The summed E-state index contributed by atoms with van der Waals surface area (Å²) in [6.45, 7) is 6.44. The first-order valence-corrected chi connectivity index (χ1v) is 17.1. The molecule has 0 bridgehead atoms. The second kappa shape index (κ2) is 16.4. The van der Waals surface area contributed by atoms with Gasteiger partial charge in [0.25, 0.3) is 5.91 Å². The average molecular weight is 738 g/mol. The number of amides is 1. The molecular formula is C41H43N3O10. The molecule has 1 aromatic heterocycles. The van der Waals surface area contributed by atoms with E-state index in [2.05, 4.69) is 22.4 Å². The van der Waals surface area contributed by atoms with Crippen molar-refractivity contribution in [1.29, 1.82) is 0 Å². The van der Waals surface area contributed by atoms with Crippen molar-refractivity contribution in [2.45, 2.75) is 25.9 Å². The summed E-state index contributed by atoms with van der Waals surface area (Å²) < 4.78 is 51.4. The lowest BCUT2D eigenvalue weighted by Crippen LogP contribution is -2.38. The summed E-state index contributed by atoms with van der Waals surface area (Å²) in [6.07, 6.45) is 0.678.